The summed E-state index contributed by atoms with van der Waals surface area (Å²) in [6.07, 6.45) is 1.89. The summed E-state index contributed by atoms with van der Waals surface area (Å²) in [6, 6.07) is 0. The number of nitrogens with one attached hydrogen (secondary N) is 1. The summed E-state index contributed by atoms with van der Waals surface area (Å²) < 4.78 is 42.9. The topological polar surface area (TPSA) is 140 Å². The number of ether oxygens (including phenoxy) is 4. The number of rotatable bonds is 18. The largest absolute Gasteiger partial charge is 0.377 e. The number of carbonyl (C=O) groups is 1. The van der Waals surface area contributed by atoms with E-state index in [1.54, 1.807) is 11.6 Å². The molecule has 1 fully saturated rings. The lowest BCUT2D eigenvalue weighted by Crippen LogP contribution is -2.37. The Morgan fingerprint density at radius 2 is 1.59 bits per heavy atom. The smallest absolute Gasteiger partial charge is 0.246 e. The number of amides is 1. The van der Waals surface area contributed by atoms with Crippen LogP contribution >= 0.6 is 10.6 Å². The first-order chi connectivity index (χ1) is 16.4. The van der Waals surface area contributed by atoms with Crippen LogP contribution in [0.25, 0.3) is 0 Å². The van der Waals surface area contributed by atoms with Gasteiger partial charge in [0.1, 0.15) is 0 Å². The minimum absolute atomic E-state index is 0.164. The number of hydrogen-bond acceptors (Lipinski definition) is 10. The Bertz CT molecular complexity index is 724. The van der Waals surface area contributed by atoms with Gasteiger partial charge in [-0.1, -0.05) is 11.8 Å². The van der Waals surface area contributed by atoms with E-state index >= 15 is 0 Å². The lowest BCUT2D eigenvalue weighted by molar-refractivity contribution is -0.117. The molecule has 1 amide bonds. The summed E-state index contributed by atoms with van der Waals surface area (Å²) in [6.45, 7) is 12.1. The van der Waals surface area contributed by atoms with Crippen LogP contribution in [0.5, 0.6) is 0 Å². The highest BCUT2D eigenvalue weighted by Crippen LogP contribution is 2.40. The SMILES string of the molecule is C=C(C)C(=O)NCCOCCOCCOCCOCCn1cc(CN2CCS(O)(O)CC2)nn1. The van der Waals surface area contributed by atoms with Gasteiger partial charge in [0.2, 0.25) is 5.91 Å². The minimum Gasteiger partial charge on any atom is -0.377 e. The van der Waals surface area contributed by atoms with Crippen molar-refractivity contribution in [3.8, 4) is 0 Å². The predicted octanol–water partition coefficient (Wildman–Crippen LogP) is 0.603. The van der Waals surface area contributed by atoms with Gasteiger partial charge in [0.25, 0.3) is 0 Å². The van der Waals surface area contributed by atoms with Gasteiger partial charge in [-0.05, 0) is 6.92 Å². The number of hydrogen-bond donors (Lipinski definition) is 3. The zero-order valence-corrected chi connectivity index (χ0v) is 20.8. The Morgan fingerprint density at radius 3 is 2.18 bits per heavy atom. The normalized spacial score (nSPS) is 16.9. The zero-order valence-electron chi connectivity index (χ0n) is 20.0. The molecule has 0 radical (unpaired) electrons. The second kappa shape index (κ2) is 16.2. The molecular formula is C21H39N5O7S. The first kappa shape index (κ1) is 28.7. The van der Waals surface area contributed by atoms with E-state index in [9.17, 15) is 13.9 Å². The molecule has 0 saturated carbocycles. The quantitative estimate of drug-likeness (QED) is 0.192. The molecular weight excluding hydrogens is 466 g/mol. The molecule has 2 heterocycles. The molecule has 0 unspecified atom stereocenters. The molecule has 0 bridgehead atoms. The van der Waals surface area contributed by atoms with E-state index in [0.29, 0.717) is 103 Å². The highest BCUT2D eigenvalue weighted by Gasteiger charge is 2.22. The third-order valence-electron chi connectivity index (χ3n) is 4.94. The second-order valence-electron chi connectivity index (χ2n) is 7.95. The average Bonchev–Trinajstić information content (AvgIpc) is 3.24. The molecule has 0 aliphatic carbocycles. The summed E-state index contributed by atoms with van der Waals surface area (Å²) in [7, 11) is -2.37. The molecule has 0 atom stereocenters. The van der Waals surface area contributed by atoms with Crippen molar-refractivity contribution in [1.29, 1.82) is 0 Å². The Balaban J connectivity index is 1.35. The van der Waals surface area contributed by atoms with Crippen LogP contribution in [0.3, 0.4) is 0 Å². The minimum atomic E-state index is -2.37. The van der Waals surface area contributed by atoms with Crippen LogP contribution in [0.15, 0.2) is 18.3 Å². The highest BCUT2D eigenvalue weighted by atomic mass is 32.3. The van der Waals surface area contributed by atoms with E-state index in [4.69, 9.17) is 18.9 Å². The number of nitrogens with zero attached hydrogens (tertiary/aromatic N) is 4. The fraction of sp³-hybridized carbons (Fsp3) is 0.762. The Kier molecular flexibility index (Phi) is 13.6. The number of carbonyl (C=O) groups excluding carboxylic acids is 1. The van der Waals surface area contributed by atoms with Gasteiger partial charge in [0.15, 0.2) is 0 Å². The van der Waals surface area contributed by atoms with Crippen molar-refractivity contribution in [2.45, 2.75) is 20.0 Å². The average molecular weight is 506 g/mol. The van der Waals surface area contributed by atoms with Crippen LogP contribution < -0.4 is 5.32 Å². The third kappa shape index (κ3) is 12.8. The van der Waals surface area contributed by atoms with Crippen molar-refractivity contribution < 1.29 is 32.8 Å². The van der Waals surface area contributed by atoms with Gasteiger partial charge in [-0.15, -0.1) is 5.10 Å². The lowest BCUT2D eigenvalue weighted by atomic mass is 10.3. The molecule has 1 saturated heterocycles. The standard InChI is InChI=1S/C21H39N5O7S/c1-19(2)21(27)22-3-7-30-9-11-32-13-14-33-12-10-31-8-4-26-18-20(23-24-26)17-25-5-15-34(28,29)16-6-25/h18,28-29H,1,3-17H2,2H3,(H,22,27). The summed E-state index contributed by atoms with van der Waals surface area (Å²) in [5.41, 5.74) is 1.34. The Hall–Kier alpha value is -1.58. The van der Waals surface area contributed by atoms with Crippen LogP contribution in [0.2, 0.25) is 0 Å². The first-order valence-corrected chi connectivity index (χ1v) is 13.3. The summed E-state index contributed by atoms with van der Waals surface area (Å²) in [5.74, 6) is 0.689. The first-order valence-electron chi connectivity index (χ1n) is 11.5. The van der Waals surface area contributed by atoms with Gasteiger partial charge in [-0.25, -0.2) is 4.68 Å². The molecule has 2 rings (SSSR count). The van der Waals surface area contributed by atoms with Crippen LogP contribution in [0.4, 0.5) is 0 Å². The maximum Gasteiger partial charge on any atom is 0.246 e. The molecule has 1 aliphatic heterocycles. The van der Waals surface area contributed by atoms with Gasteiger partial charge in [0.05, 0.1) is 76.6 Å². The highest BCUT2D eigenvalue weighted by molar-refractivity contribution is 8.24. The van der Waals surface area contributed by atoms with Gasteiger partial charge in [-0.2, -0.15) is 10.6 Å². The van der Waals surface area contributed by atoms with Crippen molar-refractivity contribution in [2.24, 2.45) is 0 Å². The second-order valence-corrected chi connectivity index (χ2v) is 10.4. The molecule has 13 heteroatoms. The maximum atomic E-state index is 11.3. The molecule has 1 aliphatic rings. The van der Waals surface area contributed by atoms with Crippen molar-refractivity contribution in [3.05, 3.63) is 24.0 Å². The van der Waals surface area contributed by atoms with E-state index in [1.807, 2.05) is 6.20 Å². The molecule has 3 N–H and O–H groups in total. The maximum absolute atomic E-state index is 11.3. The Labute approximate surface area is 202 Å². The van der Waals surface area contributed by atoms with Crippen LogP contribution in [0.1, 0.15) is 12.6 Å². The monoisotopic (exact) mass is 505 g/mol. The van der Waals surface area contributed by atoms with E-state index in [-0.39, 0.29) is 5.91 Å². The van der Waals surface area contributed by atoms with Gasteiger partial charge < -0.3 is 24.3 Å². The molecule has 196 valence electrons. The third-order valence-corrected chi connectivity index (χ3v) is 6.61. The Morgan fingerprint density at radius 1 is 1.03 bits per heavy atom. The van der Waals surface area contributed by atoms with Gasteiger partial charge in [0, 0.05) is 37.9 Å². The molecule has 1 aromatic rings. The fourth-order valence-corrected chi connectivity index (χ4v) is 4.28. The van der Waals surface area contributed by atoms with Crippen LogP contribution in [-0.4, -0.2) is 119 Å². The van der Waals surface area contributed by atoms with Gasteiger partial charge in [-0.3, -0.25) is 18.8 Å². The van der Waals surface area contributed by atoms with Crippen LogP contribution in [0, 0.1) is 0 Å². The van der Waals surface area contributed by atoms with Crippen molar-refractivity contribution >= 4 is 16.5 Å². The molecule has 0 aromatic carbocycles. The summed E-state index contributed by atoms with van der Waals surface area (Å²) in [5, 5.41) is 11.0. The molecule has 34 heavy (non-hydrogen) atoms. The van der Waals surface area contributed by atoms with E-state index in [1.165, 1.54) is 0 Å². The molecule has 12 nitrogen and oxygen atoms in total. The zero-order chi connectivity index (χ0) is 24.7. The molecule has 0 spiro atoms. The summed E-state index contributed by atoms with van der Waals surface area (Å²) in [4.78, 5) is 13.4. The van der Waals surface area contributed by atoms with Gasteiger partial charge >= 0.3 is 0 Å². The fourth-order valence-electron chi connectivity index (χ4n) is 2.98. The van der Waals surface area contributed by atoms with Crippen molar-refractivity contribution in [3.63, 3.8) is 0 Å². The van der Waals surface area contributed by atoms with E-state index in [0.717, 1.165) is 5.69 Å². The van der Waals surface area contributed by atoms with Crippen molar-refractivity contribution in [1.82, 2.24) is 25.2 Å². The lowest BCUT2D eigenvalue weighted by Gasteiger charge is -2.40. The predicted molar refractivity (Wildman–Crippen MR) is 129 cm³/mol. The van der Waals surface area contributed by atoms with E-state index in [2.05, 4.69) is 27.1 Å². The van der Waals surface area contributed by atoms with Crippen molar-refractivity contribution in [2.75, 3.05) is 84.0 Å². The summed E-state index contributed by atoms with van der Waals surface area (Å²) >= 11 is 0. The van der Waals surface area contributed by atoms with Crippen LogP contribution in [-0.2, 0) is 36.8 Å². The number of aromatic nitrogens is 3. The van der Waals surface area contributed by atoms with E-state index < -0.39 is 10.6 Å². The molecule has 1 aromatic heterocycles.